The van der Waals surface area contributed by atoms with Gasteiger partial charge in [0.2, 0.25) is 5.78 Å². The summed E-state index contributed by atoms with van der Waals surface area (Å²) in [6.07, 6.45) is 6.81. The smallest absolute Gasteiger partial charge is 0.338 e. The van der Waals surface area contributed by atoms with Crippen molar-refractivity contribution in [3.63, 3.8) is 0 Å². The van der Waals surface area contributed by atoms with E-state index in [0.717, 1.165) is 99.7 Å². The van der Waals surface area contributed by atoms with Crippen LogP contribution in [0.25, 0.3) is 22.2 Å². The summed E-state index contributed by atoms with van der Waals surface area (Å²) in [5.41, 5.74) is 3.48. The molecule has 0 spiro atoms. The molecule has 3 saturated heterocycles. The molecular weight excluding hydrogens is 810 g/mol. The van der Waals surface area contributed by atoms with Crippen molar-refractivity contribution in [1.82, 2.24) is 14.3 Å². The van der Waals surface area contributed by atoms with Crippen LogP contribution in [0.4, 0.5) is 30.2 Å². The van der Waals surface area contributed by atoms with Crippen LogP contribution in [-0.4, -0.2) is 102 Å². The molecule has 3 aliphatic heterocycles. The molecule has 2 atom stereocenters. The number of nitrogens with one attached hydrogen (secondary N) is 2. The number of aromatic nitrogens is 2. The average Bonchev–Trinajstić information content (AvgIpc) is 3.93. The number of benzene rings is 3. The number of anilines is 3. The number of ketones is 1. The van der Waals surface area contributed by atoms with E-state index in [2.05, 4.69) is 36.6 Å². The average molecular weight is 857 g/mol. The Bertz CT molecular complexity index is 2430. The first-order chi connectivity index (χ1) is 29.6. The van der Waals surface area contributed by atoms with E-state index in [4.69, 9.17) is 9.47 Å². The second kappa shape index (κ2) is 18.6. The number of esters is 1. The molecular formula is C45H47F3N6O6S. The second-order valence-corrected chi connectivity index (χ2v) is 17.1. The number of rotatable bonds is 14. The lowest BCUT2D eigenvalue weighted by molar-refractivity contribution is 0.0578. The van der Waals surface area contributed by atoms with Crippen LogP contribution in [-0.2, 0) is 20.6 Å². The number of carbonyl (C=O) groups is 3. The van der Waals surface area contributed by atoms with Gasteiger partial charge in [-0.1, -0.05) is 12.1 Å². The van der Waals surface area contributed by atoms with Gasteiger partial charge in [-0.3, -0.25) is 14.3 Å². The molecule has 0 radical (unpaired) electrons. The summed E-state index contributed by atoms with van der Waals surface area (Å²) >= 11 is -1.97. The number of fused-ring (bicyclic) bond motifs is 1. The Balaban J connectivity index is 0.827. The van der Waals surface area contributed by atoms with Gasteiger partial charge in [-0.25, -0.2) is 31.5 Å². The summed E-state index contributed by atoms with van der Waals surface area (Å²) in [6, 6.07) is 17.1. The van der Waals surface area contributed by atoms with E-state index in [1.807, 2.05) is 18.2 Å². The van der Waals surface area contributed by atoms with Crippen LogP contribution in [0, 0.1) is 23.5 Å². The van der Waals surface area contributed by atoms with Crippen molar-refractivity contribution in [3.05, 3.63) is 107 Å². The number of halogens is 3. The summed E-state index contributed by atoms with van der Waals surface area (Å²) in [5.74, 6) is -2.73. The zero-order chi connectivity index (χ0) is 42.6. The highest BCUT2D eigenvalue weighted by Gasteiger charge is 2.30. The minimum absolute atomic E-state index is 0.0324. The third-order valence-electron chi connectivity index (χ3n) is 12.1. The van der Waals surface area contributed by atoms with Crippen LogP contribution in [0.1, 0.15) is 68.7 Å². The molecule has 3 fully saturated rings. The van der Waals surface area contributed by atoms with E-state index in [0.29, 0.717) is 34.7 Å². The maximum atomic E-state index is 15.7. The summed E-state index contributed by atoms with van der Waals surface area (Å²) < 4.78 is 71.9. The third-order valence-corrected chi connectivity index (χ3v) is 13.2. The van der Waals surface area contributed by atoms with E-state index in [1.165, 1.54) is 17.6 Å². The highest BCUT2D eigenvalue weighted by molar-refractivity contribution is 7.84. The van der Waals surface area contributed by atoms with Crippen LogP contribution >= 0.6 is 0 Å². The molecule has 2 unspecified atom stereocenters. The Morgan fingerprint density at radius 1 is 0.869 bits per heavy atom. The van der Waals surface area contributed by atoms with Gasteiger partial charge in [0.15, 0.2) is 23.3 Å². The Kier molecular flexibility index (Phi) is 12.8. The molecule has 2 N–H and O–H groups in total. The van der Waals surface area contributed by atoms with Crippen LogP contribution in [0.15, 0.2) is 73.1 Å². The molecule has 0 saturated carbocycles. The number of methoxy groups -OCH3 is 1. The Morgan fingerprint density at radius 2 is 1.54 bits per heavy atom. The molecule has 0 aliphatic carbocycles. The fourth-order valence-electron chi connectivity index (χ4n) is 8.44. The molecule has 16 heteroatoms. The van der Waals surface area contributed by atoms with Crippen molar-refractivity contribution in [2.75, 3.05) is 74.1 Å². The van der Waals surface area contributed by atoms with Gasteiger partial charge in [0.1, 0.15) is 17.6 Å². The zero-order valence-corrected chi connectivity index (χ0v) is 34.5. The molecule has 12 nitrogen and oxygen atoms in total. The number of aldehydes is 1. The van der Waals surface area contributed by atoms with Gasteiger partial charge in [0.25, 0.3) is 0 Å². The van der Waals surface area contributed by atoms with Crippen molar-refractivity contribution in [2.45, 2.75) is 38.3 Å². The molecule has 0 bridgehead atoms. The molecule has 3 aromatic carbocycles. The predicted molar refractivity (Wildman–Crippen MR) is 228 cm³/mol. The highest BCUT2D eigenvalue weighted by atomic mass is 32.2. The minimum Gasteiger partial charge on any atom is -0.465 e. The van der Waals surface area contributed by atoms with Gasteiger partial charge in [0.05, 0.1) is 23.9 Å². The van der Waals surface area contributed by atoms with E-state index >= 15 is 8.78 Å². The fourth-order valence-corrected chi connectivity index (χ4v) is 9.49. The van der Waals surface area contributed by atoms with Crippen molar-refractivity contribution in [2.24, 2.45) is 11.8 Å². The minimum atomic E-state index is -1.97. The summed E-state index contributed by atoms with van der Waals surface area (Å²) in [7, 11) is 1.30. The summed E-state index contributed by atoms with van der Waals surface area (Å²) in [6.45, 7) is 5.11. The molecule has 2 aromatic heterocycles. The highest BCUT2D eigenvalue weighted by Crippen LogP contribution is 2.32. The van der Waals surface area contributed by atoms with E-state index < -0.39 is 46.3 Å². The van der Waals surface area contributed by atoms with Gasteiger partial charge in [-0.15, -0.1) is 0 Å². The number of H-pyrrole nitrogens is 1. The van der Waals surface area contributed by atoms with E-state index in [1.54, 1.807) is 24.4 Å². The largest absolute Gasteiger partial charge is 0.465 e. The van der Waals surface area contributed by atoms with Gasteiger partial charge in [-0.2, -0.15) is 0 Å². The van der Waals surface area contributed by atoms with Gasteiger partial charge in [0, 0.05) is 98.3 Å². The normalized spacial score (nSPS) is 18.4. The second-order valence-electron chi connectivity index (χ2n) is 15.9. The Morgan fingerprint density at radius 3 is 2.18 bits per heavy atom. The standard InChI is InChI=1S/C45H47F3N6O6S/c1-59-45(57)36-7-6-35(20-32(36)25-55)53-17-12-29(13-18-53)27-60-26-28-10-15-52(16-11-28)34-4-2-30(3-5-34)31-21-37-38(23-50-44(37)49-22-31)43(56)41-39(47)8-9-40(42(41)48)51-61(58)54-19-14-33(46)24-54/h2-9,20-23,25,28-29,33,51H,10-19,24,26-27H2,1H3,(H,49,50). The molecule has 5 aromatic rings. The number of pyridine rings is 1. The van der Waals surface area contributed by atoms with Crippen LogP contribution in [0.2, 0.25) is 0 Å². The lowest BCUT2D eigenvalue weighted by Gasteiger charge is -2.35. The topological polar surface area (TPSA) is 137 Å². The molecule has 0 amide bonds. The van der Waals surface area contributed by atoms with Crippen LogP contribution in [0.3, 0.4) is 0 Å². The van der Waals surface area contributed by atoms with Gasteiger partial charge < -0.3 is 24.3 Å². The summed E-state index contributed by atoms with van der Waals surface area (Å²) in [4.78, 5) is 49.3. The molecule has 3 aliphatic rings. The first-order valence-corrected chi connectivity index (χ1v) is 21.6. The SMILES string of the molecule is COC(=O)c1ccc(N2CCC(COCC3CCN(c4ccc(-c5cnc6[nH]cc(C(=O)c7c(F)ccc(NS(=O)N8CCC(F)C8)c7F)c6c5)cc4)CC3)CC2)cc1C=O. The maximum absolute atomic E-state index is 15.7. The quantitative estimate of drug-likeness (QED) is 0.0660. The number of nitrogens with zero attached hydrogens (tertiary/aromatic N) is 4. The molecule has 8 rings (SSSR count). The number of carbonyl (C=O) groups excluding carboxylic acids is 3. The van der Waals surface area contributed by atoms with Crippen LogP contribution < -0.4 is 14.5 Å². The first-order valence-electron chi connectivity index (χ1n) is 20.5. The fraction of sp³-hybridized carbons (Fsp3) is 0.378. The number of hydrogen-bond acceptors (Lipinski definition) is 9. The van der Waals surface area contributed by atoms with Gasteiger partial charge in [-0.05, 0) is 98.0 Å². The first kappa shape index (κ1) is 42.1. The Hall–Kier alpha value is -5.58. The lowest BCUT2D eigenvalue weighted by atomic mass is 9.95. The third kappa shape index (κ3) is 9.21. The van der Waals surface area contributed by atoms with E-state index in [-0.39, 0.29) is 36.3 Å². The Labute approximate surface area is 354 Å². The molecule has 320 valence electrons. The number of hydrogen-bond donors (Lipinski definition) is 2. The predicted octanol–water partition coefficient (Wildman–Crippen LogP) is 7.52. The lowest BCUT2D eigenvalue weighted by Crippen LogP contribution is -2.36. The van der Waals surface area contributed by atoms with Crippen LogP contribution in [0.5, 0.6) is 0 Å². The number of alkyl halides is 1. The van der Waals surface area contributed by atoms with E-state index in [9.17, 15) is 23.0 Å². The molecule has 61 heavy (non-hydrogen) atoms. The van der Waals surface area contributed by atoms with Crippen molar-refractivity contribution in [3.8, 4) is 11.1 Å². The summed E-state index contributed by atoms with van der Waals surface area (Å²) in [5, 5.41) is 0.395. The zero-order valence-electron chi connectivity index (χ0n) is 33.7. The number of piperidine rings is 2. The maximum Gasteiger partial charge on any atom is 0.338 e. The number of ether oxygens (including phenoxy) is 2. The van der Waals surface area contributed by atoms with Gasteiger partial charge >= 0.3 is 5.97 Å². The monoisotopic (exact) mass is 856 g/mol. The number of aromatic amines is 1. The van der Waals surface area contributed by atoms with Crippen molar-refractivity contribution in [1.29, 1.82) is 0 Å². The molecule has 5 heterocycles. The van der Waals surface area contributed by atoms with Crippen molar-refractivity contribution >= 4 is 57.3 Å². The van der Waals surface area contributed by atoms with Crippen molar-refractivity contribution < 1.29 is 41.2 Å².